The van der Waals surface area contributed by atoms with Crippen LogP contribution in [0, 0.1) is 6.92 Å². The number of nitrogens with one attached hydrogen (secondary N) is 1. The lowest BCUT2D eigenvalue weighted by Crippen LogP contribution is -2.43. The molecule has 0 bridgehead atoms. The Balaban J connectivity index is 1.69. The van der Waals surface area contributed by atoms with Gasteiger partial charge in [-0.2, -0.15) is 0 Å². The smallest absolute Gasteiger partial charge is 0.262 e. The first-order chi connectivity index (χ1) is 14.2. The third kappa shape index (κ3) is 3.97. The average molecular weight is 386 g/mol. The number of unbranched alkanes of at least 4 members (excludes halogenated alkanes) is 1. The fourth-order valence-corrected chi connectivity index (χ4v) is 3.54. The van der Waals surface area contributed by atoms with Gasteiger partial charge in [0.15, 0.2) is 0 Å². The lowest BCUT2D eigenvalue weighted by molar-refractivity contribution is 0.0975. The summed E-state index contributed by atoms with van der Waals surface area (Å²) < 4.78 is 5.79. The van der Waals surface area contributed by atoms with Crippen LogP contribution >= 0.6 is 0 Å². The molecule has 1 atom stereocenters. The molecule has 1 heterocycles. The van der Waals surface area contributed by atoms with Crippen LogP contribution in [0.5, 0.6) is 5.75 Å². The van der Waals surface area contributed by atoms with Crippen molar-refractivity contribution in [1.29, 1.82) is 0 Å². The first-order valence-electron chi connectivity index (χ1n) is 10.2. The zero-order valence-corrected chi connectivity index (χ0v) is 16.9. The molecule has 4 heteroatoms. The molecule has 0 saturated carbocycles. The molecule has 1 aliphatic rings. The van der Waals surface area contributed by atoms with Crippen molar-refractivity contribution in [3.8, 4) is 5.75 Å². The van der Waals surface area contributed by atoms with Crippen LogP contribution in [0.15, 0.2) is 72.8 Å². The molecule has 3 aromatic rings. The molecular weight excluding hydrogens is 360 g/mol. The molecule has 0 aliphatic carbocycles. The molecular formula is C25H26N2O2. The second kappa shape index (κ2) is 8.39. The minimum absolute atomic E-state index is 0.00326. The molecule has 29 heavy (non-hydrogen) atoms. The molecule has 0 saturated heterocycles. The van der Waals surface area contributed by atoms with Gasteiger partial charge in [-0.25, -0.2) is 0 Å². The van der Waals surface area contributed by atoms with E-state index in [9.17, 15) is 4.79 Å². The van der Waals surface area contributed by atoms with Gasteiger partial charge in [0, 0.05) is 11.4 Å². The summed E-state index contributed by atoms with van der Waals surface area (Å²) in [6.07, 6.45) is 1.86. The van der Waals surface area contributed by atoms with Gasteiger partial charge in [0.2, 0.25) is 0 Å². The highest BCUT2D eigenvalue weighted by atomic mass is 16.5. The van der Waals surface area contributed by atoms with E-state index in [1.807, 2.05) is 84.6 Å². The summed E-state index contributed by atoms with van der Waals surface area (Å²) in [5.74, 6) is 0.850. The monoisotopic (exact) mass is 386 g/mol. The Morgan fingerprint density at radius 3 is 2.41 bits per heavy atom. The van der Waals surface area contributed by atoms with Gasteiger partial charge in [0.05, 0.1) is 12.2 Å². The summed E-state index contributed by atoms with van der Waals surface area (Å²) >= 11 is 0. The molecule has 148 valence electrons. The molecule has 1 amide bonds. The van der Waals surface area contributed by atoms with E-state index in [1.165, 1.54) is 0 Å². The van der Waals surface area contributed by atoms with Gasteiger partial charge in [-0.3, -0.25) is 9.69 Å². The normalized spacial score (nSPS) is 15.6. The van der Waals surface area contributed by atoms with Gasteiger partial charge in [-0.05, 0) is 55.3 Å². The fraction of sp³-hybridized carbons (Fsp3) is 0.240. The van der Waals surface area contributed by atoms with E-state index in [2.05, 4.69) is 12.2 Å². The number of aryl methyl sites for hydroxylation is 1. The number of rotatable bonds is 6. The fourth-order valence-electron chi connectivity index (χ4n) is 3.54. The van der Waals surface area contributed by atoms with Crippen LogP contribution < -0.4 is 15.0 Å². The zero-order chi connectivity index (χ0) is 20.2. The Bertz CT molecular complexity index is 980. The number of ether oxygens (including phenoxy) is 1. The Morgan fingerprint density at radius 2 is 1.69 bits per heavy atom. The number of hydrogen-bond acceptors (Lipinski definition) is 3. The van der Waals surface area contributed by atoms with Crippen molar-refractivity contribution in [2.45, 2.75) is 32.9 Å². The number of hydrogen-bond donors (Lipinski definition) is 1. The highest BCUT2D eigenvalue weighted by molar-refractivity contribution is 6.12. The minimum atomic E-state index is -0.287. The first kappa shape index (κ1) is 19.1. The van der Waals surface area contributed by atoms with E-state index in [0.717, 1.165) is 47.7 Å². The predicted molar refractivity (Wildman–Crippen MR) is 118 cm³/mol. The van der Waals surface area contributed by atoms with Crippen LogP contribution in [0.25, 0.3) is 0 Å². The lowest BCUT2D eigenvalue weighted by atomic mass is 10.0. The van der Waals surface area contributed by atoms with Crippen molar-refractivity contribution in [1.82, 2.24) is 0 Å². The molecule has 0 aromatic heterocycles. The summed E-state index contributed by atoms with van der Waals surface area (Å²) in [5.41, 5.74) is 4.59. The summed E-state index contributed by atoms with van der Waals surface area (Å²) in [5, 5.41) is 3.54. The molecule has 0 unspecified atom stereocenters. The third-order valence-corrected chi connectivity index (χ3v) is 5.20. The highest BCUT2D eigenvalue weighted by Crippen LogP contribution is 2.37. The number of carbonyl (C=O) groups excluding carboxylic acids is 1. The number of amides is 1. The van der Waals surface area contributed by atoms with Crippen LogP contribution in [0.1, 0.15) is 47.4 Å². The van der Waals surface area contributed by atoms with Gasteiger partial charge in [-0.1, -0.05) is 55.3 Å². The summed E-state index contributed by atoms with van der Waals surface area (Å²) in [7, 11) is 0. The van der Waals surface area contributed by atoms with Gasteiger partial charge in [0.25, 0.3) is 5.91 Å². The highest BCUT2D eigenvalue weighted by Gasteiger charge is 2.33. The summed E-state index contributed by atoms with van der Waals surface area (Å²) in [6, 6.07) is 23.7. The average Bonchev–Trinajstić information content (AvgIpc) is 2.75. The van der Waals surface area contributed by atoms with Crippen molar-refractivity contribution in [3.63, 3.8) is 0 Å². The largest absolute Gasteiger partial charge is 0.494 e. The van der Waals surface area contributed by atoms with E-state index in [4.69, 9.17) is 4.74 Å². The van der Waals surface area contributed by atoms with E-state index >= 15 is 0 Å². The van der Waals surface area contributed by atoms with E-state index in [-0.39, 0.29) is 12.1 Å². The van der Waals surface area contributed by atoms with Crippen molar-refractivity contribution < 1.29 is 9.53 Å². The Hall–Kier alpha value is -3.27. The number of fused-ring (bicyclic) bond motifs is 1. The van der Waals surface area contributed by atoms with E-state index < -0.39 is 0 Å². The number of nitrogens with zero attached hydrogens (tertiary/aromatic N) is 1. The number of carbonyl (C=O) groups is 1. The van der Waals surface area contributed by atoms with Crippen LogP contribution in [0.3, 0.4) is 0 Å². The van der Waals surface area contributed by atoms with Crippen LogP contribution in [0.4, 0.5) is 11.4 Å². The maximum Gasteiger partial charge on any atom is 0.262 e. The van der Waals surface area contributed by atoms with E-state index in [0.29, 0.717) is 5.56 Å². The zero-order valence-electron chi connectivity index (χ0n) is 16.9. The van der Waals surface area contributed by atoms with Gasteiger partial charge >= 0.3 is 0 Å². The van der Waals surface area contributed by atoms with Crippen LogP contribution in [0.2, 0.25) is 0 Å². The molecule has 1 aliphatic heterocycles. The van der Waals surface area contributed by atoms with Crippen molar-refractivity contribution in [2.75, 3.05) is 16.8 Å². The molecule has 3 aromatic carbocycles. The first-order valence-corrected chi connectivity index (χ1v) is 10.2. The van der Waals surface area contributed by atoms with Crippen molar-refractivity contribution in [2.24, 2.45) is 0 Å². The number of anilines is 2. The molecule has 4 nitrogen and oxygen atoms in total. The van der Waals surface area contributed by atoms with Crippen molar-refractivity contribution >= 4 is 17.3 Å². The lowest BCUT2D eigenvalue weighted by Gasteiger charge is -2.38. The third-order valence-electron chi connectivity index (χ3n) is 5.20. The standard InChI is InChI=1S/C25H26N2O2/c1-3-4-17-29-21-15-11-19(12-16-21)24-26-23-8-6-5-7-22(23)25(28)27(24)20-13-9-18(2)10-14-20/h5-16,24,26H,3-4,17H2,1-2H3/t24-/m0/s1. The SMILES string of the molecule is CCCCOc1ccc([C@H]2Nc3ccccc3C(=O)N2c2ccc(C)cc2)cc1. The summed E-state index contributed by atoms with van der Waals surface area (Å²) in [4.78, 5) is 15.2. The predicted octanol–water partition coefficient (Wildman–Crippen LogP) is 5.95. The second-order valence-corrected chi connectivity index (χ2v) is 7.37. The molecule has 1 N–H and O–H groups in total. The Kier molecular flexibility index (Phi) is 5.52. The summed E-state index contributed by atoms with van der Waals surface area (Å²) in [6.45, 7) is 4.92. The van der Waals surface area contributed by atoms with E-state index in [1.54, 1.807) is 0 Å². The maximum atomic E-state index is 13.4. The molecule has 4 rings (SSSR count). The Labute approximate surface area is 172 Å². The number of benzene rings is 3. The second-order valence-electron chi connectivity index (χ2n) is 7.37. The molecule has 0 spiro atoms. The van der Waals surface area contributed by atoms with Gasteiger partial charge in [0.1, 0.15) is 11.9 Å². The van der Waals surface area contributed by atoms with Crippen LogP contribution in [-0.4, -0.2) is 12.5 Å². The van der Waals surface area contributed by atoms with Crippen molar-refractivity contribution in [3.05, 3.63) is 89.5 Å². The molecule has 0 fully saturated rings. The van der Waals surface area contributed by atoms with Gasteiger partial charge in [-0.15, -0.1) is 0 Å². The Morgan fingerprint density at radius 1 is 0.966 bits per heavy atom. The maximum absolute atomic E-state index is 13.4. The topological polar surface area (TPSA) is 41.6 Å². The number of para-hydroxylation sites is 1. The van der Waals surface area contributed by atoms with Gasteiger partial charge < -0.3 is 10.1 Å². The molecule has 0 radical (unpaired) electrons. The van der Waals surface area contributed by atoms with Crippen LogP contribution in [-0.2, 0) is 0 Å². The minimum Gasteiger partial charge on any atom is -0.494 e. The quantitative estimate of drug-likeness (QED) is 0.533.